The van der Waals surface area contributed by atoms with Crippen LogP contribution in [0.4, 0.5) is 0 Å². The Bertz CT molecular complexity index is 478. The first-order valence-electron chi connectivity index (χ1n) is 9.41. The van der Waals surface area contributed by atoms with E-state index >= 15 is 0 Å². The maximum atomic E-state index is 4.33. The number of rotatable bonds is 8. The number of hydrogen-bond acceptors (Lipinski definition) is 3. The molecule has 6 heteroatoms. The van der Waals surface area contributed by atoms with E-state index in [2.05, 4.69) is 51.2 Å². The van der Waals surface area contributed by atoms with Gasteiger partial charge in [-0.25, -0.2) is 0 Å². The molecule has 0 bridgehead atoms. The number of unbranched alkanes of at least 4 members (excludes halogenated alkanes) is 1. The van der Waals surface area contributed by atoms with Gasteiger partial charge in [-0.2, -0.15) is 11.3 Å². The van der Waals surface area contributed by atoms with E-state index < -0.39 is 0 Å². The second-order valence-electron chi connectivity index (χ2n) is 6.93. The minimum absolute atomic E-state index is 0. The SMILES string of the molecule is CN=C(NCCCCN1CCCCC1C)NCC(C)c1ccsc1.I. The maximum absolute atomic E-state index is 4.33. The molecule has 1 aromatic rings. The molecule has 25 heavy (non-hydrogen) atoms. The summed E-state index contributed by atoms with van der Waals surface area (Å²) in [4.78, 5) is 6.98. The molecule has 0 amide bonds. The third-order valence-corrected chi connectivity index (χ3v) is 5.72. The van der Waals surface area contributed by atoms with E-state index in [1.165, 1.54) is 50.8 Å². The second kappa shape index (κ2) is 12.9. The van der Waals surface area contributed by atoms with E-state index in [0.29, 0.717) is 5.92 Å². The summed E-state index contributed by atoms with van der Waals surface area (Å²) in [5, 5.41) is 11.2. The highest BCUT2D eigenvalue weighted by molar-refractivity contribution is 14.0. The normalized spacial score (nSPS) is 20.0. The van der Waals surface area contributed by atoms with E-state index in [0.717, 1.165) is 25.1 Å². The molecule has 0 saturated carbocycles. The summed E-state index contributed by atoms with van der Waals surface area (Å²) < 4.78 is 0. The largest absolute Gasteiger partial charge is 0.356 e. The number of guanidine groups is 1. The number of hydrogen-bond donors (Lipinski definition) is 2. The molecule has 1 aliphatic rings. The molecule has 0 spiro atoms. The van der Waals surface area contributed by atoms with Crippen molar-refractivity contribution >= 4 is 41.3 Å². The number of nitrogens with zero attached hydrogens (tertiary/aromatic N) is 2. The zero-order chi connectivity index (χ0) is 17.2. The van der Waals surface area contributed by atoms with Crippen LogP contribution < -0.4 is 10.6 Å². The Morgan fingerprint density at radius 2 is 2.20 bits per heavy atom. The van der Waals surface area contributed by atoms with Gasteiger partial charge in [-0.3, -0.25) is 4.99 Å². The number of thiophene rings is 1. The van der Waals surface area contributed by atoms with Crippen molar-refractivity contribution < 1.29 is 0 Å². The highest BCUT2D eigenvalue weighted by Crippen LogP contribution is 2.17. The fourth-order valence-electron chi connectivity index (χ4n) is 3.28. The number of aliphatic imine (C=N–C) groups is 1. The minimum atomic E-state index is 0. The van der Waals surface area contributed by atoms with Crippen molar-refractivity contribution in [3.63, 3.8) is 0 Å². The minimum Gasteiger partial charge on any atom is -0.356 e. The molecular formula is C19H35IN4S. The van der Waals surface area contributed by atoms with Crippen LogP contribution in [0.5, 0.6) is 0 Å². The monoisotopic (exact) mass is 478 g/mol. The van der Waals surface area contributed by atoms with Crippen LogP contribution in [0.1, 0.15) is 57.4 Å². The molecule has 1 fully saturated rings. The van der Waals surface area contributed by atoms with Crippen LogP contribution in [0.2, 0.25) is 0 Å². The molecular weight excluding hydrogens is 443 g/mol. The summed E-state index contributed by atoms with van der Waals surface area (Å²) >= 11 is 1.76. The first-order valence-corrected chi connectivity index (χ1v) is 10.4. The van der Waals surface area contributed by atoms with Gasteiger partial charge in [0.2, 0.25) is 0 Å². The van der Waals surface area contributed by atoms with Crippen molar-refractivity contribution in [2.45, 2.75) is 57.9 Å². The van der Waals surface area contributed by atoms with Crippen LogP contribution in [0.15, 0.2) is 21.8 Å². The second-order valence-corrected chi connectivity index (χ2v) is 7.71. The molecule has 2 unspecified atom stereocenters. The molecule has 1 aliphatic heterocycles. The van der Waals surface area contributed by atoms with E-state index in [1.807, 2.05) is 7.05 Å². The highest BCUT2D eigenvalue weighted by atomic mass is 127. The Morgan fingerprint density at radius 1 is 1.36 bits per heavy atom. The Hall–Kier alpha value is -0.340. The summed E-state index contributed by atoms with van der Waals surface area (Å²) in [6.07, 6.45) is 6.62. The lowest BCUT2D eigenvalue weighted by atomic mass is 10.0. The van der Waals surface area contributed by atoms with E-state index in [-0.39, 0.29) is 24.0 Å². The molecule has 2 heterocycles. The summed E-state index contributed by atoms with van der Waals surface area (Å²) in [6.45, 7) is 9.07. The summed E-state index contributed by atoms with van der Waals surface area (Å²) in [5.41, 5.74) is 1.40. The zero-order valence-electron chi connectivity index (χ0n) is 16.0. The topological polar surface area (TPSA) is 39.7 Å². The van der Waals surface area contributed by atoms with Gasteiger partial charge in [0.1, 0.15) is 0 Å². The summed E-state index contributed by atoms with van der Waals surface area (Å²) in [6, 6.07) is 2.98. The third kappa shape index (κ3) is 8.26. The van der Waals surface area contributed by atoms with Crippen molar-refractivity contribution in [1.29, 1.82) is 0 Å². The smallest absolute Gasteiger partial charge is 0.190 e. The molecule has 2 N–H and O–H groups in total. The van der Waals surface area contributed by atoms with Crippen LogP contribution >= 0.6 is 35.3 Å². The van der Waals surface area contributed by atoms with Crippen LogP contribution in [-0.4, -0.2) is 50.1 Å². The van der Waals surface area contributed by atoms with E-state index in [1.54, 1.807) is 11.3 Å². The quantitative estimate of drug-likeness (QED) is 0.254. The van der Waals surface area contributed by atoms with Gasteiger partial charge in [0.25, 0.3) is 0 Å². The maximum Gasteiger partial charge on any atom is 0.190 e. The predicted molar refractivity (Wildman–Crippen MR) is 122 cm³/mol. The molecule has 0 aliphatic carbocycles. The molecule has 4 nitrogen and oxygen atoms in total. The standard InChI is InChI=1S/C19H34N4S.HI/c1-16(18-9-13-24-15-18)14-22-19(20-3)21-10-5-7-12-23-11-6-4-8-17(23)2;/h9,13,15-17H,4-8,10-12,14H2,1-3H3,(H2,20,21,22);1H. The van der Waals surface area contributed by atoms with Crippen molar-refractivity contribution in [3.8, 4) is 0 Å². The zero-order valence-corrected chi connectivity index (χ0v) is 19.1. The Kier molecular flexibility index (Phi) is 11.7. The fourth-order valence-corrected chi connectivity index (χ4v) is 4.06. The fraction of sp³-hybridized carbons (Fsp3) is 0.737. The lowest BCUT2D eigenvalue weighted by Crippen LogP contribution is -2.40. The van der Waals surface area contributed by atoms with Crippen LogP contribution in [0, 0.1) is 0 Å². The van der Waals surface area contributed by atoms with E-state index in [4.69, 9.17) is 0 Å². The Labute approximate surface area is 174 Å². The van der Waals surface area contributed by atoms with Crippen molar-refractivity contribution in [2.24, 2.45) is 4.99 Å². The first-order chi connectivity index (χ1) is 11.7. The average molecular weight is 478 g/mol. The number of nitrogens with one attached hydrogen (secondary N) is 2. The van der Waals surface area contributed by atoms with Gasteiger partial charge in [-0.05, 0) is 74.0 Å². The Morgan fingerprint density at radius 3 is 2.88 bits per heavy atom. The molecule has 0 radical (unpaired) electrons. The molecule has 2 atom stereocenters. The van der Waals surface area contributed by atoms with E-state index in [9.17, 15) is 0 Å². The lowest BCUT2D eigenvalue weighted by Gasteiger charge is -2.33. The van der Waals surface area contributed by atoms with Gasteiger partial charge in [-0.1, -0.05) is 13.3 Å². The van der Waals surface area contributed by atoms with Crippen LogP contribution in [0.3, 0.4) is 0 Å². The van der Waals surface area contributed by atoms with Gasteiger partial charge in [0, 0.05) is 26.2 Å². The van der Waals surface area contributed by atoms with Crippen molar-refractivity contribution in [1.82, 2.24) is 15.5 Å². The molecule has 0 aromatic carbocycles. The number of halogens is 1. The van der Waals surface area contributed by atoms with Gasteiger partial charge < -0.3 is 15.5 Å². The lowest BCUT2D eigenvalue weighted by molar-refractivity contribution is 0.158. The number of likely N-dealkylation sites (tertiary alicyclic amines) is 1. The van der Waals surface area contributed by atoms with Crippen LogP contribution in [-0.2, 0) is 0 Å². The predicted octanol–water partition coefficient (Wildman–Crippen LogP) is 4.29. The number of piperidine rings is 1. The average Bonchev–Trinajstić information content (AvgIpc) is 3.13. The molecule has 1 saturated heterocycles. The Balaban J connectivity index is 0.00000312. The summed E-state index contributed by atoms with van der Waals surface area (Å²) in [7, 11) is 1.85. The van der Waals surface area contributed by atoms with Gasteiger partial charge >= 0.3 is 0 Å². The molecule has 1 aromatic heterocycles. The first kappa shape index (κ1) is 22.7. The van der Waals surface area contributed by atoms with Gasteiger partial charge in [0.15, 0.2) is 5.96 Å². The highest BCUT2D eigenvalue weighted by Gasteiger charge is 2.16. The van der Waals surface area contributed by atoms with Crippen molar-refractivity contribution in [2.75, 3.05) is 33.2 Å². The van der Waals surface area contributed by atoms with Gasteiger partial charge in [0.05, 0.1) is 0 Å². The third-order valence-electron chi connectivity index (χ3n) is 5.02. The molecule has 2 rings (SSSR count). The van der Waals surface area contributed by atoms with Gasteiger partial charge in [-0.15, -0.1) is 24.0 Å². The summed E-state index contributed by atoms with van der Waals surface area (Å²) in [5.74, 6) is 1.43. The van der Waals surface area contributed by atoms with Crippen molar-refractivity contribution in [3.05, 3.63) is 22.4 Å². The van der Waals surface area contributed by atoms with Crippen LogP contribution in [0.25, 0.3) is 0 Å². The molecule has 144 valence electrons.